The van der Waals surface area contributed by atoms with Crippen molar-refractivity contribution in [2.45, 2.75) is 26.4 Å². The molecule has 0 unspecified atom stereocenters. The van der Waals surface area contributed by atoms with Gasteiger partial charge in [0.1, 0.15) is 5.60 Å². The normalized spacial score (nSPS) is 11.7. The Morgan fingerprint density at radius 1 is 1.28 bits per heavy atom. The molecule has 2 aromatic rings. The SMILES string of the molecule is CCOC(C)(C)C(=O)c1cccc2cccnc12. The van der Waals surface area contributed by atoms with Crippen LogP contribution in [0.3, 0.4) is 0 Å². The molecule has 0 atom stereocenters. The van der Waals surface area contributed by atoms with Gasteiger partial charge in [-0.2, -0.15) is 0 Å². The number of fused-ring (bicyclic) bond motifs is 1. The molecule has 0 saturated carbocycles. The molecule has 1 aromatic carbocycles. The summed E-state index contributed by atoms with van der Waals surface area (Å²) in [6.07, 6.45) is 1.70. The molecule has 3 nitrogen and oxygen atoms in total. The first-order valence-corrected chi connectivity index (χ1v) is 6.09. The lowest BCUT2D eigenvalue weighted by molar-refractivity contribution is 0.00138. The maximum Gasteiger partial charge on any atom is 0.196 e. The molecule has 18 heavy (non-hydrogen) atoms. The van der Waals surface area contributed by atoms with Crippen LogP contribution in [0.25, 0.3) is 10.9 Å². The lowest BCUT2D eigenvalue weighted by atomic mass is 9.94. The lowest BCUT2D eigenvalue weighted by Crippen LogP contribution is -2.35. The summed E-state index contributed by atoms with van der Waals surface area (Å²) in [6, 6.07) is 9.45. The first-order valence-electron chi connectivity index (χ1n) is 6.09. The predicted molar refractivity (Wildman–Crippen MR) is 71.8 cm³/mol. The molecule has 0 aliphatic heterocycles. The number of hydrogen-bond donors (Lipinski definition) is 0. The minimum Gasteiger partial charge on any atom is -0.368 e. The molecule has 0 N–H and O–H groups in total. The minimum absolute atomic E-state index is 0.0337. The molecule has 0 bridgehead atoms. The number of rotatable bonds is 4. The van der Waals surface area contributed by atoms with Gasteiger partial charge in [-0.15, -0.1) is 0 Å². The zero-order valence-electron chi connectivity index (χ0n) is 10.9. The van der Waals surface area contributed by atoms with Gasteiger partial charge in [-0.05, 0) is 32.9 Å². The Bertz CT molecular complexity index is 570. The molecule has 3 heteroatoms. The van der Waals surface area contributed by atoms with Crippen LogP contribution in [-0.4, -0.2) is 23.0 Å². The van der Waals surface area contributed by atoms with Crippen LogP contribution in [0.4, 0.5) is 0 Å². The fourth-order valence-electron chi connectivity index (χ4n) is 2.04. The largest absolute Gasteiger partial charge is 0.368 e. The van der Waals surface area contributed by atoms with Crippen LogP contribution in [-0.2, 0) is 4.74 Å². The number of ketones is 1. The van der Waals surface area contributed by atoms with Crippen molar-refractivity contribution in [3.05, 3.63) is 42.1 Å². The zero-order valence-corrected chi connectivity index (χ0v) is 10.9. The molecule has 0 amide bonds. The Balaban J connectivity index is 2.51. The summed E-state index contributed by atoms with van der Waals surface area (Å²) < 4.78 is 5.52. The van der Waals surface area contributed by atoms with Crippen LogP contribution in [0.15, 0.2) is 36.5 Å². The Morgan fingerprint density at radius 2 is 2.00 bits per heavy atom. The van der Waals surface area contributed by atoms with Gasteiger partial charge in [-0.3, -0.25) is 9.78 Å². The summed E-state index contributed by atoms with van der Waals surface area (Å²) in [4.78, 5) is 16.8. The average molecular weight is 243 g/mol. The van der Waals surface area contributed by atoms with E-state index < -0.39 is 5.60 Å². The van der Waals surface area contributed by atoms with Gasteiger partial charge >= 0.3 is 0 Å². The van der Waals surface area contributed by atoms with Crippen molar-refractivity contribution in [2.24, 2.45) is 0 Å². The van der Waals surface area contributed by atoms with Crippen molar-refractivity contribution in [1.29, 1.82) is 0 Å². The summed E-state index contributed by atoms with van der Waals surface area (Å²) in [5.74, 6) is -0.0337. The maximum atomic E-state index is 12.5. The Labute approximate surface area is 107 Å². The van der Waals surface area contributed by atoms with E-state index >= 15 is 0 Å². The van der Waals surface area contributed by atoms with Crippen LogP contribution in [0.1, 0.15) is 31.1 Å². The molecule has 0 radical (unpaired) electrons. The fraction of sp³-hybridized carbons (Fsp3) is 0.333. The number of carbonyl (C=O) groups excluding carboxylic acids is 1. The first kappa shape index (κ1) is 12.7. The van der Waals surface area contributed by atoms with E-state index in [-0.39, 0.29) is 5.78 Å². The second-order valence-corrected chi connectivity index (χ2v) is 4.65. The second-order valence-electron chi connectivity index (χ2n) is 4.65. The number of para-hydroxylation sites is 1. The van der Waals surface area contributed by atoms with Gasteiger partial charge in [-0.1, -0.05) is 18.2 Å². The number of nitrogens with zero attached hydrogens (tertiary/aromatic N) is 1. The summed E-state index contributed by atoms with van der Waals surface area (Å²) >= 11 is 0. The number of benzene rings is 1. The van der Waals surface area contributed by atoms with E-state index in [1.165, 1.54) is 0 Å². The highest BCUT2D eigenvalue weighted by Gasteiger charge is 2.30. The van der Waals surface area contributed by atoms with Crippen LogP contribution in [0.2, 0.25) is 0 Å². The van der Waals surface area contributed by atoms with Crippen molar-refractivity contribution >= 4 is 16.7 Å². The molecule has 2 rings (SSSR count). The monoisotopic (exact) mass is 243 g/mol. The standard InChI is InChI=1S/C15H17NO2/c1-4-18-15(2,3)14(17)12-9-5-7-11-8-6-10-16-13(11)12/h5-10H,4H2,1-3H3. The molecule has 94 valence electrons. The van der Waals surface area contributed by atoms with Gasteiger partial charge in [0.15, 0.2) is 5.78 Å². The third kappa shape index (κ3) is 2.27. The highest BCUT2D eigenvalue weighted by molar-refractivity contribution is 6.10. The number of pyridine rings is 1. The number of ether oxygens (including phenoxy) is 1. The van der Waals surface area contributed by atoms with E-state index in [4.69, 9.17) is 4.74 Å². The predicted octanol–water partition coefficient (Wildman–Crippen LogP) is 3.23. The number of aromatic nitrogens is 1. The Kier molecular flexibility index (Phi) is 3.43. The van der Waals surface area contributed by atoms with Gasteiger partial charge in [0, 0.05) is 23.8 Å². The van der Waals surface area contributed by atoms with Crippen molar-refractivity contribution in [1.82, 2.24) is 4.98 Å². The fourth-order valence-corrected chi connectivity index (χ4v) is 2.04. The minimum atomic E-state index is -0.819. The highest BCUT2D eigenvalue weighted by atomic mass is 16.5. The zero-order chi connectivity index (χ0) is 13.2. The first-order chi connectivity index (χ1) is 8.56. The summed E-state index contributed by atoms with van der Waals surface area (Å²) in [5.41, 5.74) is 0.532. The average Bonchev–Trinajstić information content (AvgIpc) is 2.37. The molecule has 1 aromatic heterocycles. The molecule has 0 spiro atoms. The van der Waals surface area contributed by atoms with Crippen LogP contribution < -0.4 is 0 Å². The van der Waals surface area contributed by atoms with Crippen molar-refractivity contribution in [3.63, 3.8) is 0 Å². The number of carbonyl (C=O) groups is 1. The van der Waals surface area contributed by atoms with E-state index in [2.05, 4.69) is 4.98 Å². The van der Waals surface area contributed by atoms with E-state index in [0.717, 1.165) is 10.9 Å². The van der Waals surface area contributed by atoms with Crippen molar-refractivity contribution in [3.8, 4) is 0 Å². The quantitative estimate of drug-likeness (QED) is 0.774. The van der Waals surface area contributed by atoms with E-state index in [1.54, 1.807) is 26.1 Å². The highest BCUT2D eigenvalue weighted by Crippen LogP contribution is 2.23. The van der Waals surface area contributed by atoms with E-state index in [9.17, 15) is 4.79 Å². The lowest BCUT2D eigenvalue weighted by Gasteiger charge is -2.23. The molecule has 1 heterocycles. The number of hydrogen-bond acceptors (Lipinski definition) is 3. The van der Waals surface area contributed by atoms with Gasteiger partial charge in [0.25, 0.3) is 0 Å². The van der Waals surface area contributed by atoms with Crippen LogP contribution in [0, 0.1) is 0 Å². The summed E-state index contributed by atoms with van der Waals surface area (Å²) in [7, 11) is 0. The molecule has 0 fully saturated rings. The molecule has 0 aliphatic rings. The van der Waals surface area contributed by atoms with Gasteiger partial charge in [0.2, 0.25) is 0 Å². The number of Topliss-reactive ketones (excluding diaryl/α,β-unsaturated/α-hetero) is 1. The summed E-state index contributed by atoms with van der Waals surface area (Å²) in [5, 5.41) is 0.968. The van der Waals surface area contributed by atoms with Crippen molar-refractivity contribution < 1.29 is 9.53 Å². The van der Waals surface area contributed by atoms with Gasteiger partial charge in [-0.25, -0.2) is 0 Å². The molecular formula is C15H17NO2. The van der Waals surface area contributed by atoms with E-state index in [0.29, 0.717) is 12.2 Å². The van der Waals surface area contributed by atoms with E-state index in [1.807, 2.05) is 31.2 Å². The summed E-state index contributed by atoms with van der Waals surface area (Å²) in [6.45, 7) is 5.98. The van der Waals surface area contributed by atoms with Crippen molar-refractivity contribution in [2.75, 3.05) is 6.61 Å². The third-order valence-electron chi connectivity index (χ3n) is 2.93. The molecule has 0 saturated heterocycles. The molecular weight excluding hydrogens is 226 g/mol. The smallest absolute Gasteiger partial charge is 0.196 e. The Morgan fingerprint density at radius 3 is 2.72 bits per heavy atom. The maximum absolute atomic E-state index is 12.5. The van der Waals surface area contributed by atoms with Gasteiger partial charge in [0.05, 0.1) is 5.52 Å². The van der Waals surface area contributed by atoms with Crippen LogP contribution >= 0.6 is 0 Å². The third-order valence-corrected chi connectivity index (χ3v) is 2.93. The Hall–Kier alpha value is -1.74. The van der Waals surface area contributed by atoms with Gasteiger partial charge < -0.3 is 4.74 Å². The molecule has 0 aliphatic carbocycles. The van der Waals surface area contributed by atoms with Crippen LogP contribution in [0.5, 0.6) is 0 Å². The second kappa shape index (κ2) is 4.86. The topological polar surface area (TPSA) is 39.2 Å².